The molecule has 1 aromatic heterocycles. The number of carbonyl (C=O) groups is 2. The number of nitrogens with one attached hydrogen (secondary N) is 1. The van der Waals surface area contributed by atoms with Crippen LogP contribution in [0.15, 0.2) is 35.7 Å². The molecule has 5 nitrogen and oxygen atoms in total. The number of aromatic hydroxyl groups is 1. The highest BCUT2D eigenvalue weighted by Crippen LogP contribution is 2.61. The fraction of sp³-hybridized carbons (Fsp3) is 0.520. The Balaban J connectivity index is 1.47. The highest BCUT2D eigenvalue weighted by atomic mass is 32.1. The third-order valence-corrected chi connectivity index (χ3v) is 8.51. The van der Waals surface area contributed by atoms with Gasteiger partial charge < -0.3 is 15.5 Å². The summed E-state index contributed by atoms with van der Waals surface area (Å²) in [5, 5.41) is 24.9. The summed E-state index contributed by atoms with van der Waals surface area (Å²) in [5.74, 6) is 0.834. The molecule has 3 aliphatic rings. The van der Waals surface area contributed by atoms with E-state index in [1.807, 2.05) is 11.4 Å². The number of carboxylic acids is 1. The quantitative estimate of drug-likeness (QED) is 0.368. The molecule has 2 bridgehead atoms. The number of unbranched alkanes of at least 4 members (excludes halogenated alkanes) is 1. The molecule has 0 saturated heterocycles. The van der Waals surface area contributed by atoms with Gasteiger partial charge in [-0.15, -0.1) is 11.3 Å². The van der Waals surface area contributed by atoms with Crippen molar-refractivity contribution < 1.29 is 19.8 Å². The number of hydrogen-bond donors (Lipinski definition) is 3. The van der Waals surface area contributed by atoms with E-state index in [4.69, 9.17) is 5.11 Å². The Morgan fingerprint density at radius 3 is 2.81 bits per heavy atom. The third kappa shape index (κ3) is 4.22. The largest absolute Gasteiger partial charge is 0.507 e. The molecule has 3 aliphatic carbocycles. The first kappa shape index (κ1) is 21.9. The standard InChI is InChI=1S/C25H31NO4S/c1-25(2)16-12-15(8-5-3-4-6-11-21(28)29)23(18(25)13-16)26-24(30)17-14-31-20-10-7-9-19(27)22(17)20/h3,5,7,9-10,14-16,18,23,27H,4,6,8,11-13H2,1-2H3,(H,26,30)(H,28,29)/b5-3+. The minimum Gasteiger partial charge on any atom is -0.507 e. The summed E-state index contributed by atoms with van der Waals surface area (Å²) in [6.07, 6.45) is 9.03. The molecule has 1 heterocycles. The smallest absolute Gasteiger partial charge is 0.303 e. The van der Waals surface area contributed by atoms with Gasteiger partial charge in [-0.25, -0.2) is 0 Å². The average Bonchev–Trinajstić information content (AvgIpc) is 3.16. The molecule has 3 fully saturated rings. The normalized spacial score (nSPS) is 26.6. The Kier molecular flexibility index (Phi) is 6.11. The van der Waals surface area contributed by atoms with Gasteiger partial charge in [0.1, 0.15) is 5.75 Å². The van der Waals surface area contributed by atoms with Gasteiger partial charge in [-0.1, -0.05) is 32.1 Å². The molecule has 5 rings (SSSR count). The van der Waals surface area contributed by atoms with E-state index in [-0.39, 0.29) is 29.5 Å². The summed E-state index contributed by atoms with van der Waals surface area (Å²) in [4.78, 5) is 23.9. The van der Waals surface area contributed by atoms with Crippen LogP contribution in [0.25, 0.3) is 10.1 Å². The zero-order valence-corrected chi connectivity index (χ0v) is 19.0. The predicted octanol–water partition coefficient (Wildman–Crippen LogP) is 5.59. The lowest BCUT2D eigenvalue weighted by Gasteiger charge is -2.62. The highest BCUT2D eigenvalue weighted by Gasteiger charge is 2.57. The van der Waals surface area contributed by atoms with Crippen molar-refractivity contribution in [2.75, 3.05) is 0 Å². The number of phenols is 1. The number of hydrogen-bond acceptors (Lipinski definition) is 4. The summed E-state index contributed by atoms with van der Waals surface area (Å²) >= 11 is 1.48. The zero-order chi connectivity index (χ0) is 22.2. The lowest BCUT2D eigenvalue weighted by Crippen LogP contribution is -2.63. The van der Waals surface area contributed by atoms with Crippen LogP contribution in [0.3, 0.4) is 0 Å². The van der Waals surface area contributed by atoms with Crippen molar-refractivity contribution in [1.29, 1.82) is 0 Å². The Bertz CT molecular complexity index is 1010. The zero-order valence-electron chi connectivity index (χ0n) is 18.1. The van der Waals surface area contributed by atoms with E-state index < -0.39 is 5.97 Å². The van der Waals surface area contributed by atoms with Gasteiger partial charge in [-0.3, -0.25) is 9.59 Å². The van der Waals surface area contributed by atoms with Crippen LogP contribution in [-0.2, 0) is 4.79 Å². The van der Waals surface area contributed by atoms with Crippen LogP contribution in [0.2, 0.25) is 0 Å². The maximum absolute atomic E-state index is 13.2. The van der Waals surface area contributed by atoms with E-state index in [9.17, 15) is 14.7 Å². The first-order chi connectivity index (χ1) is 14.8. The van der Waals surface area contributed by atoms with E-state index in [0.717, 1.165) is 30.4 Å². The van der Waals surface area contributed by atoms with Gasteiger partial charge >= 0.3 is 5.97 Å². The van der Waals surface area contributed by atoms with Gasteiger partial charge in [0.2, 0.25) is 0 Å². The second-order valence-electron chi connectivity index (χ2n) is 9.65. The summed E-state index contributed by atoms with van der Waals surface area (Å²) in [7, 11) is 0. The SMILES string of the molecule is CC1(C)C2CC(C/C=C/CCCC(=O)O)C(NC(=O)c3csc4cccc(O)c34)C1C2. The van der Waals surface area contributed by atoms with E-state index in [2.05, 4.69) is 31.3 Å². The minimum absolute atomic E-state index is 0.102. The molecule has 1 aromatic carbocycles. The number of amides is 1. The monoisotopic (exact) mass is 441 g/mol. The lowest BCUT2D eigenvalue weighted by molar-refractivity contribution is -0.137. The molecule has 6 heteroatoms. The summed E-state index contributed by atoms with van der Waals surface area (Å²) in [6, 6.07) is 5.46. The summed E-state index contributed by atoms with van der Waals surface area (Å²) in [5.41, 5.74) is 0.790. The molecular formula is C25H31NO4S. The number of carboxylic acid groups (broad SMARTS) is 1. The number of rotatable bonds is 8. The van der Waals surface area contributed by atoms with Gasteiger partial charge in [-0.2, -0.15) is 0 Å². The summed E-state index contributed by atoms with van der Waals surface area (Å²) < 4.78 is 0.915. The Hall–Kier alpha value is -2.34. The molecule has 1 amide bonds. The van der Waals surface area contributed by atoms with E-state index in [0.29, 0.717) is 35.1 Å². The minimum atomic E-state index is -0.752. The van der Waals surface area contributed by atoms with Gasteiger partial charge in [-0.05, 0) is 67.4 Å². The Morgan fingerprint density at radius 2 is 2.06 bits per heavy atom. The molecule has 3 N–H and O–H groups in total. The van der Waals surface area contributed by atoms with Crippen molar-refractivity contribution in [1.82, 2.24) is 5.32 Å². The van der Waals surface area contributed by atoms with Gasteiger partial charge in [0.15, 0.2) is 0 Å². The number of benzene rings is 1. The van der Waals surface area contributed by atoms with E-state index in [1.165, 1.54) is 11.3 Å². The molecule has 3 saturated carbocycles. The van der Waals surface area contributed by atoms with Gasteiger partial charge in [0.05, 0.1) is 5.56 Å². The molecule has 0 radical (unpaired) electrons. The molecule has 0 aliphatic heterocycles. The Morgan fingerprint density at radius 1 is 1.26 bits per heavy atom. The third-order valence-electron chi connectivity index (χ3n) is 7.56. The maximum atomic E-state index is 13.2. The first-order valence-corrected chi connectivity index (χ1v) is 12.0. The molecule has 166 valence electrons. The van der Waals surface area contributed by atoms with Crippen LogP contribution in [0, 0.1) is 23.2 Å². The molecular weight excluding hydrogens is 410 g/mol. The van der Waals surface area contributed by atoms with Crippen molar-refractivity contribution >= 4 is 33.3 Å². The molecule has 2 aromatic rings. The first-order valence-electron chi connectivity index (χ1n) is 11.2. The van der Waals surface area contributed by atoms with Gasteiger partial charge in [0, 0.05) is 27.9 Å². The average molecular weight is 442 g/mol. The van der Waals surface area contributed by atoms with Crippen LogP contribution in [0.4, 0.5) is 0 Å². The molecule has 0 spiro atoms. The molecule has 31 heavy (non-hydrogen) atoms. The van der Waals surface area contributed by atoms with Crippen molar-refractivity contribution in [2.45, 2.75) is 58.4 Å². The second-order valence-corrected chi connectivity index (χ2v) is 10.6. The number of aliphatic carboxylic acids is 1. The van der Waals surface area contributed by atoms with Crippen molar-refractivity contribution in [3.05, 3.63) is 41.3 Å². The molecule has 4 unspecified atom stereocenters. The van der Waals surface area contributed by atoms with Crippen LogP contribution < -0.4 is 5.32 Å². The van der Waals surface area contributed by atoms with Crippen molar-refractivity contribution in [2.24, 2.45) is 23.2 Å². The number of allylic oxidation sites excluding steroid dienone is 2. The van der Waals surface area contributed by atoms with Crippen LogP contribution >= 0.6 is 11.3 Å². The number of thiophene rings is 1. The van der Waals surface area contributed by atoms with Crippen molar-refractivity contribution in [3.63, 3.8) is 0 Å². The Labute approximate surface area is 187 Å². The summed E-state index contributed by atoms with van der Waals surface area (Å²) in [6.45, 7) is 4.63. The maximum Gasteiger partial charge on any atom is 0.303 e. The number of carbonyl (C=O) groups excluding carboxylic acids is 1. The fourth-order valence-electron chi connectivity index (χ4n) is 5.59. The topological polar surface area (TPSA) is 86.6 Å². The van der Waals surface area contributed by atoms with Gasteiger partial charge in [0.25, 0.3) is 5.91 Å². The van der Waals surface area contributed by atoms with Crippen LogP contribution in [-0.4, -0.2) is 28.1 Å². The van der Waals surface area contributed by atoms with Crippen LogP contribution in [0.1, 0.15) is 62.7 Å². The lowest BCUT2D eigenvalue weighted by atomic mass is 9.44. The van der Waals surface area contributed by atoms with Crippen LogP contribution in [0.5, 0.6) is 5.75 Å². The van der Waals surface area contributed by atoms with E-state index >= 15 is 0 Å². The molecule has 4 atom stereocenters. The number of fused-ring (bicyclic) bond motifs is 3. The highest BCUT2D eigenvalue weighted by molar-refractivity contribution is 7.17. The van der Waals surface area contributed by atoms with Crippen molar-refractivity contribution in [3.8, 4) is 5.75 Å². The second kappa shape index (κ2) is 8.65. The fourth-order valence-corrected chi connectivity index (χ4v) is 6.55. The predicted molar refractivity (Wildman–Crippen MR) is 123 cm³/mol. The number of phenolic OH excluding ortho intramolecular Hbond substituents is 1. The van der Waals surface area contributed by atoms with E-state index in [1.54, 1.807) is 12.1 Å².